The van der Waals surface area contributed by atoms with Crippen LogP contribution >= 0.6 is 0 Å². The number of nitrogens with zero attached hydrogens (tertiary/aromatic N) is 5. The molecule has 4 rings (SSSR count). The van der Waals surface area contributed by atoms with E-state index in [1.807, 2.05) is 16.6 Å². The van der Waals surface area contributed by atoms with Crippen LogP contribution in [0.4, 0.5) is 5.82 Å². The van der Waals surface area contributed by atoms with Crippen molar-refractivity contribution in [2.24, 2.45) is 0 Å². The largest absolute Gasteiger partial charge is 0.357 e. The summed E-state index contributed by atoms with van der Waals surface area (Å²) >= 11 is 0. The van der Waals surface area contributed by atoms with E-state index >= 15 is 0 Å². The van der Waals surface area contributed by atoms with Gasteiger partial charge in [-0.05, 0) is 30.5 Å². The minimum absolute atomic E-state index is 0.285. The Morgan fingerprint density at radius 3 is 2.57 bits per heavy atom. The summed E-state index contributed by atoms with van der Waals surface area (Å²) in [5.41, 5.74) is 2.53. The van der Waals surface area contributed by atoms with Crippen LogP contribution in [0.25, 0.3) is 5.65 Å². The van der Waals surface area contributed by atoms with Gasteiger partial charge in [-0.25, -0.2) is 0 Å². The van der Waals surface area contributed by atoms with Crippen LogP contribution in [0.2, 0.25) is 0 Å². The van der Waals surface area contributed by atoms with Crippen LogP contribution < -0.4 is 4.90 Å². The lowest BCUT2D eigenvalue weighted by molar-refractivity contribution is 0.662. The molecule has 1 aliphatic rings. The third-order valence-electron chi connectivity index (χ3n) is 4.80. The highest BCUT2D eigenvalue weighted by Gasteiger charge is 2.45. The molecule has 0 saturated heterocycles. The molecule has 0 atom stereocenters. The molecular weight excluding hydrogens is 286 g/mol. The first-order chi connectivity index (χ1) is 11.2. The van der Waals surface area contributed by atoms with E-state index in [0.29, 0.717) is 0 Å². The molecule has 118 valence electrons. The van der Waals surface area contributed by atoms with E-state index in [4.69, 9.17) is 5.10 Å². The van der Waals surface area contributed by atoms with Crippen molar-refractivity contribution in [3.8, 4) is 0 Å². The maximum atomic E-state index is 4.73. The summed E-state index contributed by atoms with van der Waals surface area (Å²) < 4.78 is 1.86. The Morgan fingerprint density at radius 2 is 1.87 bits per heavy atom. The van der Waals surface area contributed by atoms with E-state index in [9.17, 15) is 0 Å². The molecule has 5 nitrogen and oxygen atoms in total. The first-order valence-corrected chi connectivity index (χ1v) is 8.20. The summed E-state index contributed by atoms with van der Waals surface area (Å²) in [7, 11) is 2.12. The molecule has 0 spiro atoms. The van der Waals surface area contributed by atoms with Crippen LogP contribution in [-0.2, 0) is 11.8 Å². The lowest BCUT2D eigenvalue weighted by atomic mass is 9.95. The van der Waals surface area contributed by atoms with Crippen molar-refractivity contribution in [2.75, 3.05) is 18.5 Å². The smallest absolute Gasteiger partial charge is 0.178 e. The number of hydrogen-bond acceptors (Lipinski definition) is 4. The number of rotatable bonds is 5. The van der Waals surface area contributed by atoms with Gasteiger partial charge < -0.3 is 4.90 Å². The summed E-state index contributed by atoms with van der Waals surface area (Å²) in [5, 5.41) is 13.1. The third kappa shape index (κ3) is 2.46. The summed E-state index contributed by atoms with van der Waals surface area (Å²) in [6.45, 7) is 3.06. The zero-order valence-corrected chi connectivity index (χ0v) is 13.6. The Balaban J connectivity index is 1.61. The summed E-state index contributed by atoms with van der Waals surface area (Å²) in [6, 6.07) is 14.8. The fourth-order valence-electron chi connectivity index (χ4n) is 3.26. The number of likely N-dealkylation sites (N-methyl/N-ethyl adjacent to an activating group) is 1. The number of anilines is 1. The normalized spacial score (nSPS) is 15.7. The zero-order valence-electron chi connectivity index (χ0n) is 13.6. The van der Waals surface area contributed by atoms with Crippen molar-refractivity contribution in [1.29, 1.82) is 0 Å². The Hall–Kier alpha value is -2.43. The van der Waals surface area contributed by atoms with Gasteiger partial charge in [0.1, 0.15) is 5.82 Å². The van der Waals surface area contributed by atoms with Gasteiger partial charge in [0.15, 0.2) is 11.5 Å². The molecule has 1 saturated carbocycles. The second-order valence-electron chi connectivity index (χ2n) is 6.43. The van der Waals surface area contributed by atoms with E-state index in [1.54, 1.807) is 0 Å². The van der Waals surface area contributed by atoms with E-state index < -0.39 is 0 Å². The van der Waals surface area contributed by atoms with Crippen molar-refractivity contribution in [3.05, 3.63) is 53.9 Å². The maximum absolute atomic E-state index is 4.73. The van der Waals surface area contributed by atoms with Crippen LogP contribution in [0.5, 0.6) is 0 Å². The first kappa shape index (κ1) is 14.2. The molecule has 0 N–H and O–H groups in total. The predicted octanol–water partition coefficient (Wildman–Crippen LogP) is 2.85. The summed E-state index contributed by atoms with van der Waals surface area (Å²) in [5.74, 6) is 1.87. The third-order valence-corrected chi connectivity index (χ3v) is 4.80. The lowest BCUT2D eigenvalue weighted by Crippen LogP contribution is -2.30. The number of fused-ring (bicyclic) bond motifs is 1. The van der Waals surface area contributed by atoms with Crippen LogP contribution in [0.1, 0.15) is 31.2 Å². The first-order valence-electron chi connectivity index (χ1n) is 8.20. The minimum Gasteiger partial charge on any atom is -0.357 e. The summed E-state index contributed by atoms with van der Waals surface area (Å²) in [4.78, 5) is 2.25. The predicted molar refractivity (Wildman–Crippen MR) is 90.8 cm³/mol. The second-order valence-corrected chi connectivity index (χ2v) is 6.43. The molecule has 0 radical (unpaired) electrons. The highest BCUT2D eigenvalue weighted by Crippen LogP contribution is 2.48. The van der Waals surface area contributed by atoms with Gasteiger partial charge in [0.05, 0.1) is 0 Å². The van der Waals surface area contributed by atoms with Gasteiger partial charge >= 0.3 is 0 Å². The van der Waals surface area contributed by atoms with Gasteiger partial charge in [0, 0.05) is 25.4 Å². The molecular formula is C18H21N5. The molecule has 1 aliphatic carbocycles. The monoisotopic (exact) mass is 307 g/mol. The van der Waals surface area contributed by atoms with Crippen molar-refractivity contribution in [1.82, 2.24) is 19.8 Å². The average Bonchev–Trinajstić information content (AvgIpc) is 3.26. The Labute approximate surface area is 136 Å². The van der Waals surface area contributed by atoms with Crippen molar-refractivity contribution >= 4 is 11.5 Å². The summed E-state index contributed by atoms with van der Waals surface area (Å²) in [6.07, 6.45) is 3.32. The van der Waals surface area contributed by atoms with Crippen molar-refractivity contribution in [3.63, 3.8) is 0 Å². The zero-order chi connectivity index (χ0) is 15.9. The molecule has 0 bridgehead atoms. The SMILES string of the molecule is CCc1nnc2ccc(N(C)CC3(c4ccccc4)CC3)nn12. The molecule has 2 heterocycles. The molecule has 1 aromatic carbocycles. The fraction of sp³-hybridized carbons (Fsp3) is 0.389. The van der Waals surface area contributed by atoms with Gasteiger partial charge in [0.25, 0.3) is 0 Å². The quantitative estimate of drug-likeness (QED) is 0.727. The molecule has 0 amide bonds. The molecule has 23 heavy (non-hydrogen) atoms. The van der Waals surface area contributed by atoms with Gasteiger partial charge in [-0.1, -0.05) is 37.3 Å². The number of benzene rings is 1. The van der Waals surface area contributed by atoms with Crippen LogP contribution in [-0.4, -0.2) is 33.4 Å². The highest BCUT2D eigenvalue weighted by atomic mass is 15.4. The maximum Gasteiger partial charge on any atom is 0.178 e. The average molecular weight is 307 g/mol. The molecule has 5 heteroatoms. The van der Waals surface area contributed by atoms with Crippen molar-refractivity contribution in [2.45, 2.75) is 31.6 Å². The van der Waals surface area contributed by atoms with E-state index in [0.717, 1.165) is 30.3 Å². The van der Waals surface area contributed by atoms with Crippen molar-refractivity contribution < 1.29 is 0 Å². The Bertz CT molecular complexity index is 820. The van der Waals surface area contributed by atoms with E-state index in [2.05, 4.69) is 59.4 Å². The van der Waals surface area contributed by atoms with E-state index in [1.165, 1.54) is 18.4 Å². The second kappa shape index (κ2) is 5.33. The van der Waals surface area contributed by atoms with Gasteiger partial charge in [-0.3, -0.25) is 0 Å². The highest BCUT2D eigenvalue weighted by molar-refractivity contribution is 5.47. The van der Waals surface area contributed by atoms with Crippen LogP contribution in [0, 0.1) is 0 Å². The molecule has 3 aromatic rings. The number of hydrogen-bond donors (Lipinski definition) is 0. The molecule has 1 fully saturated rings. The van der Waals surface area contributed by atoms with Gasteiger partial charge in [-0.2, -0.15) is 4.52 Å². The molecule has 0 unspecified atom stereocenters. The topological polar surface area (TPSA) is 46.3 Å². The Kier molecular flexibility index (Phi) is 3.29. The van der Waals surface area contributed by atoms with E-state index in [-0.39, 0.29) is 5.41 Å². The minimum atomic E-state index is 0.285. The van der Waals surface area contributed by atoms with Gasteiger partial charge in [0.2, 0.25) is 0 Å². The number of aryl methyl sites for hydroxylation is 1. The molecule has 0 aliphatic heterocycles. The van der Waals surface area contributed by atoms with Crippen LogP contribution in [0.15, 0.2) is 42.5 Å². The Morgan fingerprint density at radius 1 is 1.09 bits per heavy atom. The van der Waals surface area contributed by atoms with Gasteiger partial charge in [-0.15, -0.1) is 15.3 Å². The van der Waals surface area contributed by atoms with Crippen LogP contribution in [0.3, 0.4) is 0 Å². The lowest BCUT2D eigenvalue weighted by Gasteiger charge is -2.25. The standard InChI is InChI=1S/C18H21N5/c1-3-15-19-20-16-9-10-17(21-23(15)16)22(2)13-18(11-12-18)14-7-5-4-6-8-14/h4-10H,3,11-13H2,1-2H3. The molecule has 2 aromatic heterocycles. The fourth-order valence-corrected chi connectivity index (χ4v) is 3.26. The number of aromatic nitrogens is 4.